The van der Waals surface area contributed by atoms with Gasteiger partial charge in [0.25, 0.3) is 10.1 Å². The van der Waals surface area contributed by atoms with Gasteiger partial charge in [0.2, 0.25) is 10.6 Å². The number of hydrogen-bond acceptors (Lipinski definition) is 9. The number of nitrogens with zero attached hydrogens (tertiary/aromatic N) is 2. The molecule has 14 heteroatoms. The average molecular weight is 408 g/mol. The third kappa shape index (κ3) is 5.60. The summed E-state index contributed by atoms with van der Waals surface area (Å²) in [5, 5.41) is 4.06. The quantitative estimate of drug-likeness (QED) is 0.317. The smallest absolute Gasteiger partial charge is 0.270 e. The van der Waals surface area contributed by atoms with Gasteiger partial charge in [-0.25, -0.2) is 14.2 Å². The highest BCUT2D eigenvalue weighted by molar-refractivity contribution is 7.86. The van der Waals surface area contributed by atoms with E-state index in [4.69, 9.17) is 23.2 Å². The third-order valence-corrected chi connectivity index (χ3v) is 5.43. The summed E-state index contributed by atoms with van der Waals surface area (Å²) in [5.74, 6) is 0. The van der Waals surface area contributed by atoms with Gasteiger partial charge < -0.3 is 9.87 Å². The van der Waals surface area contributed by atoms with Gasteiger partial charge in [-0.1, -0.05) is 0 Å². The maximum Gasteiger partial charge on any atom is 0.270 e. The normalized spacial score (nSPS) is 31.0. The summed E-state index contributed by atoms with van der Waals surface area (Å²) in [4.78, 5) is 7.85. The van der Waals surface area contributed by atoms with Crippen molar-refractivity contribution in [2.24, 2.45) is 9.98 Å². The molecule has 4 unspecified atom stereocenters. The molecule has 1 saturated carbocycles. The Morgan fingerprint density at radius 3 is 2.48 bits per heavy atom. The van der Waals surface area contributed by atoms with E-state index in [0.29, 0.717) is 6.42 Å². The third-order valence-electron chi connectivity index (χ3n) is 3.38. The minimum Gasteiger partial charge on any atom is -0.750 e. The van der Waals surface area contributed by atoms with Crippen LogP contribution in [0.3, 0.4) is 0 Å². The molecule has 132 valence electrons. The van der Waals surface area contributed by atoms with Crippen LogP contribution in [0, 0.1) is 0 Å². The van der Waals surface area contributed by atoms with E-state index in [1.165, 1.54) is 0 Å². The van der Waals surface area contributed by atoms with Crippen LogP contribution in [0.25, 0.3) is 0 Å². The maximum absolute atomic E-state index is 11.5. The van der Waals surface area contributed by atoms with Crippen LogP contribution in [0.1, 0.15) is 19.3 Å². The number of hydrogen-bond donors (Lipinski definition) is 3. The zero-order chi connectivity index (χ0) is 17.2. The highest BCUT2D eigenvalue weighted by Gasteiger charge is 2.40. The van der Waals surface area contributed by atoms with Crippen molar-refractivity contribution in [1.82, 2.24) is 10.6 Å². The first-order chi connectivity index (χ1) is 10.6. The largest absolute Gasteiger partial charge is 0.750 e. The van der Waals surface area contributed by atoms with Crippen molar-refractivity contribution in [3.8, 4) is 0 Å². The molecular formula is C9H13Cl2N4O6S2-. The summed E-state index contributed by atoms with van der Waals surface area (Å²) in [6, 6.07) is -0.411. The lowest BCUT2D eigenvalue weighted by molar-refractivity contribution is 0.138. The molecule has 0 saturated heterocycles. The lowest BCUT2D eigenvalue weighted by Gasteiger charge is -2.35. The molecule has 0 radical (unpaired) electrons. The maximum atomic E-state index is 11.5. The fourth-order valence-electron chi connectivity index (χ4n) is 2.46. The van der Waals surface area contributed by atoms with Crippen LogP contribution >= 0.6 is 23.2 Å². The molecule has 0 aromatic carbocycles. The fourth-order valence-corrected chi connectivity index (χ4v) is 4.42. The molecule has 2 rings (SSSR count). The molecule has 2 aliphatic rings. The molecule has 10 nitrogen and oxygen atoms in total. The van der Waals surface area contributed by atoms with Crippen LogP contribution in [0.2, 0.25) is 0 Å². The second-order valence-corrected chi connectivity index (χ2v) is 7.86. The molecule has 3 N–H and O–H groups in total. The van der Waals surface area contributed by atoms with Crippen LogP contribution in [-0.4, -0.2) is 56.0 Å². The van der Waals surface area contributed by atoms with Gasteiger partial charge >= 0.3 is 0 Å². The Hall–Kier alpha value is -0.340. The van der Waals surface area contributed by atoms with Gasteiger partial charge in [0.1, 0.15) is 5.25 Å². The summed E-state index contributed by atoms with van der Waals surface area (Å²) >= 11 is 8.55. The summed E-state index contributed by atoms with van der Waals surface area (Å²) in [5.41, 5.74) is 0. The van der Waals surface area contributed by atoms with Crippen LogP contribution in [0.4, 0.5) is 0 Å². The van der Waals surface area contributed by atoms with Gasteiger partial charge in [-0.15, -0.1) is 0 Å². The van der Waals surface area contributed by atoms with E-state index in [9.17, 15) is 21.7 Å². The van der Waals surface area contributed by atoms with Crippen molar-refractivity contribution in [2.75, 3.05) is 0 Å². The second-order valence-electron chi connectivity index (χ2n) is 4.91. The molecule has 0 amide bonds. The Morgan fingerprint density at radius 1 is 1.35 bits per heavy atom. The molecule has 0 bridgehead atoms. The van der Waals surface area contributed by atoms with Gasteiger partial charge in [0.05, 0.1) is 17.5 Å². The second kappa shape index (κ2) is 7.70. The number of amidine groups is 2. The summed E-state index contributed by atoms with van der Waals surface area (Å²) in [6.45, 7) is 0. The first kappa shape index (κ1) is 19.0. The Balaban J connectivity index is 2.06. The fraction of sp³-hybridized carbons (Fsp3) is 0.778. The van der Waals surface area contributed by atoms with Gasteiger partial charge in [-0.3, -0.25) is 14.1 Å². The molecule has 0 aromatic rings. The molecule has 1 fully saturated rings. The van der Waals surface area contributed by atoms with E-state index in [0.717, 1.165) is 0 Å². The van der Waals surface area contributed by atoms with E-state index >= 15 is 0 Å². The molecule has 0 spiro atoms. The van der Waals surface area contributed by atoms with E-state index in [-0.39, 0.29) is 23.4 Å². The van der Waals surface area contributed by atoms with Crippen LogP contribution in [0.5, 0.6) is 0 Å². The molecule has 1 aliphatic heterocycles. The van der Waals surface area contributed by atoms with Gasteiger partial charge in [0, 0.05) is 6.04 Å². The summed E-state index contributed by atoms with van der Waals surface area (Å²) in [7, 11) is -4.49. The molecule has 23 heavy (non-hydrogen) atoms. The highest BCUT2D eigenvalue weighted by Crippen LogP contribution is 2.28. The van der Waals surface area contributed by atoms with Crippen molar-refractivity contribution >= 4 is 55.3 Å². The van der Waals surface area contributed by atoms with Crippen molar-refractivity contribution < 1.29 is 25.9 Å². The van der Waals surface area contributed by atoms with Crippen LogP contribution in [-0.2, 0) is 25.7 Å². The van der Waals surface area contributed by atoms with Gasteiger partial charge in [-0.05, 0) is 42.5 Å². The molecule has 1 heterocycles. The molecule has 0 aromatic heterocycles. The Kier molecular flexibility index (Phi) is 6.35. The monoisotopic (exact) mass is 407 g/mol. The van der Waals surface area contributed by atoms with Crippen LogP contribution in [0.15, 0.2) is 9.98 Å². The summed E-state index contributed by atoms with van der Waals surface area (Å²) in [6.07, 6.45) is -1.54. The zero-order valence-corrected chi connectivity index (χ0v) is 14.5. The van der Waals surface area contributed by atoms with E-state index in [2.05, 4.69) is 24.8 Å². The Labute approximate surface area is 144 Å². The predicted molar refractivity (Wildman–Crippen MR) is 83.4 cm³/mol. The number of halogens is 2. The Morgan fingerprint density at radius 2 is 1.96 bits per heavy atom. The van der Waals surface area contributed by atoms with E-state index in [1.54, 1.807) is 0 Å². The lowest BCUT2D eigenvalue weighted by atomic mass is 9.92. The summed E-state index contributed by atoms with van der Waals surface area (Å²) < 4.78 is 58.0. The minimum atomic E-state index is -4.49. The van der Waals surface area contributed by atoms with Crippen molar-refractivity contribution in [3.63, 3.8) is 0 Å². The molecule has 4 atom stereocenters. The predicted octanol–water partition coefficient (Wildman–Crippen LogP) is -0.359. The number of rotatable bonds is 5. The molecule has 1 aliphatic carbocycles. The standard InChI is InChI=1S/C9H14Cl2N4O6S2/c10-7-13-8(11)15-9(14-7)12-4-1-2-5(21-22(16)17)6(3-4)23(18,19)20/h4-6,9,12H,1-3H2,(H,16,17)(H,13,14,15)(H,18,19,20)/p-1. The lowest BCUT2D eigenvalue weighted by Crippen LogP contribution is -2.50. The van der Waals surface area contributed by atoms with Gasteiger partial charge in [-0.2, -0.15) is 8.42 Å². The number of nitrogens with one attached hydrogen (secondary N) is 2. The first-order valence-electron chi connectivity index (χ1n) is 6.37. The Bertz CT molecular complexity index is 624. The highest BCUT2D eigenvalue weighted by atomic mass is 35.5. The number of aliphatic imine (C=N–C) groups is 2. The van der Waals surface area contributed by atoms with E-state index in [1.807, 2.05) is 0 Å². The van der Waals surface area contributed by atoms with Crippen LogP contribution < -0.4 is 10.6 Å². The van der Waals surface area contributed by atoms with Gasteiger partial charge in [0.15, 0.2) is 6.29 Å². The van der Waals surface area contributed by atoms with Crippen molar-refractivity contribution in [2.45, 2.75) is 42.9 Å². The minimum absolute atomic E-state index is 0.0209. The van der Waals surface area contributed by atoms with Crippen molar-refractivity contribution in [3.05, 3.63) is 0 Å². The van der Waals surface area contributed by atoms with E-state index < -0.39 is 45.2 Å². The average Bonchev–Trinajstić information content (AvgIpc) is 2.37. The van der Waals surface area contributed by atoms with Crippen molar-refractivity contribution in [1.29, 1.82) is 0 Å². The SMILES string of the molecule is O=S([O-])OC1CCC(NC2N=C(Cl)NC(Cl)=N2)CC1S(=O)(=O)O. The first-order valence-corrected chi connectivity index (χ1v) is 9.63. The molecular weight excluding hydrogens is 395 g/mol. The topological polar surface area (TPSA) is 153 Å². The zero-order valence-electron chi connectivity index (χ0n) is 11.4.